The van der Waals surface area contributed by atoms with Crippen molar-refractivity contribution in [1.29, 1.82) is 0 Å². The molecule has 1 heterocycles. The Bertz CT molecular complexity index is 351. The van der Waals surface area contributed by atoms with Crippen molar-refractivity contribution in [2.45, 2.75) is 51.6 Å². The van der Waals surface area contributed by atoms with Gasteiger partial charge in [-0.05, 0) is 45.6 Å². The predicted molar refractivity (Wildman–Crippen MR) is 84.5 cm³/mol. The van der Waals surface area contributed by atoms with Crippen LogP contribution in [0.2, 0.25) is 0 Å². The molecular formula is C16H31N3O2. The maximum Gasteiger partial charge on any atom is 0.323 e. The molecule has 1 saturated heterocycles. The summed E-state index contributed by atoms with van der Waals surface area (Å²) in [4.78, 5) is 16.5. The Balaban J connectivity index is 1.79. The van der Waals surface area contributed by atoms with Crippen LogP contribution in [0.3, 0.4) is 0 Å². The van der Waals surface area contributed by atoms with Crippen LogP contribution in [0.4, 0.5) is 0 Å². The van der Waals surface area contributed by atoms with Gasteiger partial charge in [-0.2, -0.15) is 0 Å². The van der Waals surface area contributed by atoms with Gasteiger partial charge < -0.3 is 15.3 Å². The first-order chi connectivity index (χ1) is 9.94. The minimum Gasteiger partial charge on any atom is -0.480 e. The van der Waals surface area contributed by atoms with E-state index in [0.717, 1.165) is 32.1 Å². The molecule has 5 nitrogen and oxygen atoms in total. The molecule has 0 amide bonds. The highest BCUT2D eigenvalue weighted by Gasteiger charge is 2.36. The van der Waals surface area contributed by atoms with Crippen molar-refractivity contribution >= 4 is 5.97 Å². The molecule has 1 aliphatic carbocycles. The summed E-state index contributed by atoms with van der Waals surface area (Å²) in [5.74, 6) is 0.210. The summed E-state index contributed by atoms with van der Waals surface area (Å²) in [6.07, 6.45) is 3.48. The number of nitrogens with one attached hydrogen (secondary N) is 1. The second-order valence-corrected chi connectivity index (χ2v) is 7.00. The number of hydrogen-bond acceptors (Lipinski definition) is 4. The van der Waals surface area contributed by atoms with Crippen molar-refractivity contribution in [1.82, 2.24) is 15.1 Å². The van der Waals surface area contributed by atoms with Crippen molar-refractivity contribution in [3.8, 4) is 0 Å². The molecule has 21 heavy (non-hydrogen) atoms. The highest BCUT2D eigenvalue weighted by atomic mass is 16.4. The molecule has 1 aliphatic heterocycles. The largest absolute Gasteiger partial charge is 0.480 e. The maximum atomic E-state index is 11.5. The zero-order chi connectivity index (χ0) is 15.5. The van der Waals surface area contributed by atoms with Crippen molar-refractivity contribution < 1.29 is 9.90 Å². The number of carbonyl (C=O) groups is 1. The molecule has 2 rings (SSSR count). The van der Waals surface area contributed by atoms with Crippen molar-refractivity contribution in [2.75, 3.05) is 39.3 Å². The summed E-state index contributed by atoms with van der Waals surface area (Å²) in [6, 6.07) is 0.299. The van der Waals surface area contributed by atoms with Gasteiger partial charge in [0, 0.05) is 38.8 Å². The first kappa shape index (κ1) is 16.7. The van der Waals surface area contributed by atoms with Crippen LogP contribution in [0.25, 0.3) is 0 Å². The fraction of sp³-hybridized carbons (Fsp3) is 0.938. The second kappa shape index (κ2) is 7.07. The van der Waals surface area contributed by atoms with E-state index in [2.05, 4.69) is 22.0 Å². The van der Waals surface area contributed by atoms with Gasteiger partial charge in [-0.1, -0.05) is 6.92 Å². The number of carboxylic acids is 1. The number of piperazine rings is 1. The Hall–Kier alpha value is -0.650. The quantitative estimate of drug-likeness (QED) is 0.706. The minimum atomic E-state index is -0.820. The zero-order valence-corrected chi connectivity index (χ0v) is 13.8. The fourth-order valence-electron chi connectivity index (χ4n) is 3.40. The van der Waals surface area contributed by atoms with Gasteiger partial charge in [-0.3, -0.25) is 9.69 Å². The molecule has 0 aromatic rings. The smallest absolute Gasteiger partial charge is 0.323 e. The molecule has 0 aromatic carbocycles. The van der Waals surface area contributed by atoms with Crippen LogP contribution in [0, 0.1) is 5.92 Å². The summed E-state index contributed by atoms with van der Waals surface area (Å²) in [5, 5.41) is 12.6. The van der Waals surface area contributed by atoms with Crippen LogP contribution in [-0.4, -0.2) is 71.7 Å². The minimum absolute atomic E-state index is 0.299. The number of rotatable bonds is 8. The van der Waals surface area contributed by atoms with E-state index >= 15 is 0 Å². The lowest BCUT2D eigenvalue weighted by Gasteiger charge is -2.40. The van der Waals surface area contributed by atoms with E-state index in [9.17, 15) is 9.90 Å². The molecule has 2 N–H and O–H groups in total. The Labute approximate surface area is 128 Å². The first-order valence-corrected chi connectivity index (χ1v) is 8.39. The summed E-state index contributed by atoms with van der Waals surface area (Å²) < 4.78 is 0. The SMILES string of the molecule is CCNC(C)(CC(C)N1CCN(CC2CC2)CC1)C(=O)O. The topological polar surface area (TPSA) is 55.8 Å². The predicted octanol–water partition coefficient (Wildman–Crippen LogP) is 1.25. The Kier molecular flexibility index (Phi) is 5.63. The first-order valence-electron chi connectivity index (χ1n) is 8.39. The van der Waals surface area contributed by atoms with Crippen molar-refractivity contribution in [2.24, 2.45) is 5.92 Å². The van der Waals surface area contributed by atoms with E-state index < -0.39 is 11.5 Å². The number of carboxylic acid groups (broad SMARTS) is 1. The van der Waals surface area contributed by atoms with E-state index in [1.54, 1.807) is 6.92 Å². The number of hydrogen-bond donors (Lipinski definition) is 2. The molecule has 5 heteroatoms. The van der Waals surface area contributed by atoms with E-state index in [-0.39, 0.29) is 0 Å². The van der Waals surface area contributed by atoms with E-state index in [4.69, 9.17) is 0 Å². The molecule has 2 unspecified atom stereocenters. The third-order valence-electron chi connectivity index (χ3n) is 4.99. The highest BCUT2D eigenvalue weighted by Crippen LogP contribution is 2.30. The van der Waals surface area contributed by atoms with Crippen LogP contribution < -0.4 is 5.32 Å². The third kappa shape index (κ3) is 4.66. The number of nitrogens with zero attached hydrogens (tertiary/aromatic N) is 2. The van der Waals surface area contributed by atoms with Gasteiger partial charge in [0.1, 0.15) is 5.54 Å². The van der Waals surface area contributed by atoms with E-state index in [1.807, 2.05) is 6.92 Å². The van der Waals surface area contributed by atoms with Gasteiger partial charge in [0.2, 0.25) is 0 Å². The molecule has 0 bridgehead atoms. The van der Waals surface area contributed by atoms with Crippen molar-refractivity contribution in [3.63, 3.8) is 0 Å². The maximum absolute atomic E-state index is 11.5. The summed E-state index contributed by atoms with van der Waals surface area (Å²) in [6.45, 7) is 12.3. The molecule has 1 saturated carbocycles. The molecule has 0 aromatic heterocycles. The van der Waals surface area contributed by atoms with Crippen LogP contribution >= 0.6 is 0 Å². The second-order valence-electron chi connectivity index (χ2n) is 7.00. The zero-order valence-electron chi connectivity index (χ0n) is 13.8. The third-order valence-corrected chi connectivity index (χ3v) is 4.99. The lowest BCUT2D eigenvalue weighted by atomic mass is 9.92. The average molecular weight is 297 g/mol. The lowest BCUT2D eigenvalue weighted by molar-refractivity contribution is -0.145. The fourth-order valence-corrected chi connectivity index (χ4v) is 3.40. The van der Waals surface area contributed by atoms with Crippen LogP contribution in [0.15, 0.2) is 0 Å². The van der Waals surface area contributed by atoms with E-state index in [1.165, 1.54) is 19.4 Å². The highest BCUT2D eigenvalue weighted by molar-refractivity contribution is 5.78. The van der Waals surface area contributed by atoms with Crippen molar-refractivity contribution in [3.05, 3.63) is 0 Å². The molecule has 0 radical (unpaired) electrons. The molecule has 122 valence electrons. The van der Waals surface area contributed by atoms with Gasteiger partial charge in [0.05, 0.1) is 0 Å². The molecule has 2 fully saturated rings. The van der Waals surface area contributed by atoms with Crippen LogP contribution in [0.1, 0.15) is 40.0 Å². The van der Waals surface area contributed by atoms with E-state index in [0.29, 0.717) is 19.0 Å². The Morgan fingerprint density at radius 1 is 1.33 bits per heavy atom. The summed E-state index contributed by atoms with van der Waals surface area (Å²) >= 11 is 0. The van der Waals surface area contributed by atoms with Crippen LogP contribution in [0.5, 0.6) is 0 Å². The summed E-state index contributed by atoms with van der Waals surface area (Å²) in [5.41, 5.74) is -0.820. The Morgan fingerprint density at radius 2 is 1.95 bits per heavy atom. The average Bonchev–Trinajstić information content (AvgIpc) is 3.23. The number of likely N-dealkylation sites (N-methyl/N-ethyl adjacent to an activating group) is 1. The lowest BCUT2D eigenvalue weighted by Crippen LogP contribution is -2.56. The molecular weight excluding hydrogens is 266 g/mol. The van der Waals surface area contributed by atoms with Gasteiger partial charge in [-0.15, -0.1) is 0 Å². The van der Waals surface area contributed by atoms with Gasteiger partial charge in [0.25, 0.3) is 0 Å². The molecule has 2 aliphatic rings. The van der Waals surface area contributed by atoms with Crippen LogP contribution in [-0.2, 0) is 4.79 Å². The monoisotopic (exact) mass is 297 g/mol. The standard InChI is InChI=1S/C16H31N3O2/c1-4-17-16(3,15(20)21)11-13(2)19-9-7-18(8-10-19)12-14-5-6-14/h13-14,17H,4-12H2,1-3H3,(H,20,21). The molecule has 0 spiro atoms. The van der Waals surface area contributed by atoms with Gasteiger partial charge in [-0.25, -0.2) is 0 Å². The Morgan fingerprint density at radius 3 is 2.43 bits per heavy atom. The number of aliphatic carboxylic acids is 1. The molecule has 2 atom stereocenters. The summed E-state index contributed by atoms with van der Waals surface area (Å²) in [7, 11) is 0. The van der Waals surface area contributed by atoms with Gasteiger partial charge >= 0.3 is 5.97 Å². The normalized spacial score (nSPS) is 25.5. The van der Waals surface area contributed by atoms with Gasteiger partial charge in [0.15, 0.2) is 0 Å².